The number of nitrogens with zero attached hydrogens (tertiary/aromatic N) is 3. The number of esters is 1. The number of carbonyl (C=O) groups is 1. The number of aliphatic hydroxyl groups excluding tert-OH is 1. The van der Waals surface area contributed by atoms with Crippen molar-refractivity contribution in [1.29, 1.82) is 0 Å². The molecule has 4 rings (SSSR count). The van der Waals surface area contributed by atoms with Crippen molar-refractivity contribution in [2.45, 2.75) is 64.1 Å². The van der Waals surface area contributed by atoms with Gasteiger partial charge in [0.15, 0.2) is 5.76 Å². The van der Waals surface area contributed by atoms with Crippen LogP contribution in [0, 0.1) is 17.8 Å². The van der Waals surface area contributed by atoms with Crippen molar-refractivity contribution in [3.8, 4) is 23.2 Å². The number of hydrogen-bond acceptors (Lipinski definition) is 7. The number of imidazole rings is 1. The number of carbonyl (C=O) groups excluding carboxylic acids is 1. The second-order valence-corrected chi connectivity index (χ2v) is 9.30. The summed E-state index contributed by atoms with van der Waals surface area (Å²) in [7, 11) is 1.43. The minimum absolute atomic E-state index is 0.146. The maximum absolute atomic E-state index is 11.2. The average molecular weight is 491 g/mol. The standard InChI is InChI=1S/C28H34N4O4/c1-20(33)28-30-16-17-32(28)19-25-18-26(36-31-25)23-11-7-21(8-12-23)5-6-22-9-13-24(14-10-22)29-15-3-4-27(34)35-2/h7-8,11-12,16-18,20,22,24,29,33H,3-4,9-10,13-15,19H2,1-2H3/t20-,22?,24?/m1/s1. The summed E-state index contributed by atoms with van der Waals surface area (Å²) in [6.07, 6.45) is 8.54. The summed E-state index contributed by atoms with van der Waals surface area (Å²) in [5, 5.41) is 17.6. The molecule has 0 saturated heterocycles. The SMILES string of the molecule is COC(=O)CCCNC1CCC(C#Cc2ccc(-c3cc(Cn4ccnc4[C@@H](C)O)no3)cc2)CC1. The number of ether oxygens (including phenoxy) is 1. The van der Waals surface area contributed by atoms with E-state index < -0.39 is 6.10 Å². The van der Waals surface area contributed by atoms with Crippen LogP contribution in [0.1, 0.15) is 68.6 Å². The van der Waals surface area contributed by atoms with Crippen molar-refractivity contribution in [3.63, 3.8) is 0 Å². The number of aliphatic hydroxyl groups is 1. The van der Waals surface area contributed by atoms with Gasteiger partial charge in [0.25, 0.3) is 0 Å². The van der Waals surface area contributed by atoms with Gasteiger partial charge in [0.2, 0.25) is 0 Å². The second-order valence-electron chi connectivity index (χ2n) is 9.30. The lowest BCUT2D eigenvalue weighted by atomic mass is 9.86. The van der Waals surface area contributed by atoms with Crippen LogP contribution in [0.5, 0.6) is 0 Å². The maximum Gasteiger partial charge on any atom is 0.305 e. The molecule has 1 aliphatic carbocycles. The predicted octanol–water partition coefficient (Wildman–Crippen LogP) is 4.09. The highest BCUT2D eigenvalue weighted by atomic mass is 16.5. The summed E-state index contributed by atoms with van der Waals surface area (Å²) in [5.41, 5.74) is 2.70. The zero-order valence-corrected chi connectivity index (χ0v) is 20.9. The molecular weight excluding hydrogens is 456 g/mol. The van der Waals surface area contributed by atoms with Crippen molar-refractivity contribution < 1.29 is 19.2 Å². The highest BCUT2D eigenvalue weighted by Gasteiger charge is 2.19. The van der Waals surface area contributed by atoms with Crippen molar-refractivity contribution >= 4 is 5.97 Å². The van der Waals surface area contributed by atoms with Crippen LogP contribution < -0.4 is 5.32 Å². The van der Waals surface area contributed by atoms with Crippen LogP contribution >= 0.6 is 0 Å². The Morgan fingerprint density at radius 3 is 2.78 bits per heavy atom. The first-order chi connectivity index (χ1) is 17.5. The van der Waals surface area contributed by atoms with E-state index in [1.807, 2.05) is 41.1 Å². The summed E-state index contributed by atoms with van der Waals surface area (Å²) >= 11 is 0. The van der Waals surface area contributed by atoms with Gasteiger partial charge >= 0.3 is 5.97 Å². The molecular formula is C28H34N4O4. The lowest BCUT2D eigenvalue weighted by Crippen LogP contribution is -2.33. The molecule has 2 aromatic heterocycles. The van der Waals surface area contributed by atoms with E-state index in [0.717, 1.165) is 55.5 Å². The first kappa shape index (κ1) is 25.7. The van der Waals surface area contributed by atoms with E-state index in [9.17, 15) is 9.90 Å². The number of rotatable bonds is 9. The van der Waals surface area contributed by atoms with Crippen LogP contribution in [0.25, 0.3) is 11.3 Å². The Bertz CT molecular complexity index is 1180. The Kier molecular flexibility index (Phi) is 8.93. The lowest BCUT2D eigenvalue weighted by molar-refractivity contribution is -0.140. The molecule has 8 heteroatoms. The number of aromatic nitrogens is 3. The molecule has 0 amide bonds. The third kappa shape index (κ3) is 7.06. The van der Waals surface area contributed by atoms with Gasteiger partial charge in [0, 0.05) is 48.0 Å². The van der Waals surface area contributed by atoms with E-state index in [4.69, 9.17) is 4.52 Å². The lowest BCUT2D eigenvalue weighted by Gasteiger charge is -2.26. The van der Waals surface area contributed by atoms with Crippen LogP contribution in [0.2, 0.25) is 0 Å². The molecule has 1 saturated carbocycles. The first-order valence-corrected chi connectivity index (χ1v) is 12.6. The molecule has 1 fully saturated rings. The molecule has 0 spiro atoms. The molecule has 36 heavy (non-hydrogen) atoms. The Hall–Kier alpha value is -3.41. The van der Waals surface area contributed by atoms with Gasteiger partial charge in [-0.2, -0.15) is 0 Å². The smallest absolute Gasteiger partial charge is 0.305 e. The molecule has 8 nitrogen and oxygen atoms in total. The maximum atomic E-state index is 11.2. The van der Waals surface area contributed by atoms with Gasteiger partial charge in [-0.3, -0.25) is 4.79 Å². The molecule has 0 bridgehead atoms. The Morgan fingerprint density at radius 2 is 2.06 bits per heavy atom. The van der Waals surface area contributed by atoms with Crippen molar-refractivity contribution in [2.75, 3.05) is 13.7 Å². The fourth-order valence-corrected chi connectivity index (χ4v) is 4.51. The van der Waals surface area contributed by atoms with Gasteiger partial charge in [0.05, 0.1) is 13.7 Å². The molecule has 0 aliphatic heterocycles. The largest absolute Gasteiger partial charge is 0.469 e. The summed E-state index contributed by atoms with van der Waals surface area (Å²) in [4.78, 5) is 15.4. The van der Waals surface area contributed by atoms with E-state index in [1.54, 1.807) is 13.1 Å². The van der Waals surface area contributed by atoms with E-state index in [0.29, 0.717) is 36.5 Å². The van der Waals surface area contributed by atoms with Crippen molar-refractivity contribution in [3.05, 3.63) is 59.8 Å². The summed E-state index contributed by atoms with van der Waals surface area (Å²) in [5.74, 6) is 8.34. The van der Waals surface area contributed by atoms with Gasteiger partial charge in [0.1, 0.15) is 17.6 Å². The molecule has 3 aromatic rings. The van der Waals surface area contributed by atoms with Crippen LogP contribution in [0.15, 0.2) is 47.2 Å². The van der Waals surface area contributed by atoms with E-state index in [2.05, 4.69) is 32.0 Å². The Balaban J connectivity index is 1.25. The van der Waals surface area contributed by atoms with Gasteiger partial charge < -0.3 is 24.3 Å². The zero-order chi connectivity index (χ0) is 25.3. The van der Waals surface area contributed by atoms with E-state index >= 15 is 0 Å². The van der Waals surface area contributed by atoms with Gasteiger partial charge in [-0.1, -0.05) is 17.0 Å². The molecule has 1 aromatic carbocycles. The van der Waals surface area contributed by atoms with Crippen molar-refractivity contribution in [1.82, 2.24) is 20.0 Å². The Morgan fingerprint density at radius 1 is 1.28 bits per heavy atom. The third-order valence-electron chi connectivity index (χ3n) is 6.55. The molecule has 1 aliphatic rings. The molecule has 190 valence electrons. The minimum atomic E-state index is -0.643. The second kappa shape index (κ2) is 12.5. The summed E-state index contributed by atoms with van der Waals surface area (Å²) < 4.78 is 12.1. The van der Waals surface area contributed by atoms with E-state index in [-0.39, 0.29) is 5.97 Å². The van der Waals surface area contributed by atoms with Crippen LogP contribution in [0.4, 0.5) is 0 Å². The van der Waals surface area contributed by atoms with Gasteiger partial charge in [-0.05, 0) is 69.8 Å². The molecule has 2 heterocycles. The minimum Gasteiger partial charge on any atom is -0.469 e. The topological polar surface area (TPSA) is 102 Å². The molecule has 0 radical (unpaired) electrons. The highest BCUT2D eigenvalue weighted by molar-refractivity contribution is 5.69. The molecule has 1 atom stereocenters. The summed E-state index contributed by atoms with van der Waals surface area (Å²) in [6, 6.07) is 10.5. The summed E-state index contributed by atoms with van der Waals surface area (Å²) in [6.45, 7) is 3.03. The average Bonchev–Trinajstić information content (AvgIpc) is 3.56. The highest BCUT2D eigenvalue weighted by Crippen LogP contribution is 2.25. The fourth-order valence-electron chi connectivity index (χ4n) is 4.51. The van der Waals surface area contributed by atoms with E-state index in [1.165, 1.54) is 7.11 Å². The van der Waals surface area contributed by atoms with Gasteiger partial charge in [-0.15, -0.1) is 0 Å². The Labute approximate surface area is 212 Å². The normalized spacial score (nSPS) is 18.3. The monoisotopic (exact) mass is 490 g/mol. The van der Waals surface area contributed by atoms with Crippen molar-refractivity contribution in [2.24, 2.45) is 5.92 Å². The number of nitrogens with one attached hydrogen (secondary N) is 1. The quantitative estimate of drug-likeness (QED) is 0.265. The number of methoxy groups -OCH3 is 1. The number of hydrogen-bond donors (Lipinski definition) is 2. The molecule has 0 unspecified atom stereocenters. The van der Waals surface area contributed by atoms with Crippen LogP contribution in [-0.4, -0.2) is 45.5 Å². The van der Waals surface area contributed by atoms with Gasteiger partial charge in [-0.25, -0.2) is 4.98 Å². The predicted molar refractivity (Wildman–Crippen MR) is 136 cm³/mol. The first-order valence-electron chi connectivity index (χ1n) is 12.6. The molecule has 2 N–H and O–H groups in total. The number of benzene rings is 1. The van der Waals surface area contributed by atoms with Crippen LogP contribution in [0.3, 0.4) is 0 Å². The fraction of sp³-hybridized carbons (Fsp3) is 0.464. The zero-order valence-electron chi connectivity index (χ0n) is 20.9. The van der Waals surface area contributed by atoms with Crippen LogP contribution in [-0.2, 0) is 16.1 Å². The third-order valence-corrected chi connectivity index (χ3v) is 6.55.